The van der Waals surface area contributed by atoms with Crippen molar-refractivity contribution in [2.45, 2.75) is 64.7 Å². The monoisotopic (exact) mass is 347 g/mol. The topological polar surface area (TPSA) is 14.2 Å². The average Bonchev–Trinajstić information content (AvgIpc) is 3.12. The molecule has 3 aromatic rings. The zero-order valence-corrected chi connectivity index (χ0v) is 16.3. The van der Waals surface area contributed by atoms with E-state index in [0.29, 0.717) is 6.04 Å². The maximum atomic E-state index is 6.57. The molecule has 2 aromatic carbocycles. The van der Waals surface area contributed by atoms with Gasteiger partial charge in [0.05, 0.1) is 17.3 Å². The van der Waals surface area contributed by atoms with Gasteiger partial charge in [0.2, 0.25) is 0 Å². The molecule has 2 heteroatoms. The van der Waals surface area contributed by atoms with E-state index in [1.165, 1.54) is 27.7 Å². The number of hydrogen-bond acceptors (Lipinski definition) is 1. The molecule has 2 nitrogen and oxygen atoms in total. The molecule has 0 fully saturated rings. The zero-order chi connectivity index (χ0) is 18.3. The Bertz CT molecular complexity index is 901. The lowest BCUT2D eigenvalue weighted by molar-refractivity contribution is -0.0619. The van der Waals surface area contributed by atoms with Crippen LogP contribution in [0.15, 0.2) is 54.6 Å². The fraction of sp³-hybridized carbons (Fsp3) is 0.417. The van der Waals surface area contributed by atoms with Crippen LogP contribution < -0.4 is 0 Å². The molecule has 26 heavy (non-hydrogen) atoms. The third-order valence-corrected chi connectivity index (χ3v) is 5.29. The number of rotatable bonds is 4. The molecule has 0 saturated heterocycles. The molecule has 0 saturated carbocycles. The Morgan fingerprint density at radius 3 is 2.38 bits per heavy atom. The summed E-state index contributed by atoms with van der Waals surface area (Å²) in [7, 11) is 0. The first-order valence-corrected chi connectivity index (χ1v) is 9.84. The molecule has 0 aliphatic carbocycles. The summed E-state index contributed by atoms with van der Waals surface area (Å²) in [4.78, 5) is 0. The average molecular weight is 348 g/mol. The largest absolute Gasteiger partial charge is 0.366 e. The molecule has 0 spiro atoms. The summed E-state index contributed by atoms with van der Waals surface area (Å²) in [5, 5.41) is 1.40. The molecule has 0 amide bonds. The number of ether oxygens (including phenoxy) is 1. The third kappa shape index (κ3) is 2.97. The minimum Gasteiger partial charge on any atom is -0.366 e. The molecule has 2 atom stereocenters. The van der Waals surface area contributed by atoms with Crippen molar-refractivity contribution < 1.29 is 4.74 Å². The van der Waals surface area contributed by atoms with Crippen molar-refractivity contribution >= 4 is 10.9 Å². The number of fused-ring (bicyclic) bond motifs is 3. The number of para-hydroxylation sites is 1. The second-order valence-corrected chi connectivity index (χ2v) is 8.38. The van der Waals surface area contributed by atoms with Gasteiger partial charge in [-0.25, -0.2) is 0 Å². The standard InChI is InChI=1S/C24H29NO/c1-5-11-19-18-14-9-10-15-20(18)25-21(17-12-7-6-8-13-17)16-22(23(19)25)26-24(2,3)4/h6-10,12-15,21-22H,5,11,16H2,1-4H3/t21-,22+/m1/s1. The molecule has 0 radical (unpaired) electrons. The van der Waals surface area contributed by atoms with Crippen LogP contribution in [-0.2, 0) is 11.2 Å². The van der Waals surface area contributed by atoms with Crippen LogP contribution in [0.3, 0.4) is 0 Å². The Morgan fingerprint density at radius 2 is 1.69 bits per heavy atom. The van der Waals surface area contributed by atoms with E-state index >= 15 is 0 Å². The van der Waals surface area contributed by atoms with E-state index in [9.17, 15) is 0 Å². The molecule has 2 heterocycles. The van der Waals surface area contributed by atoms with Crippen LogP contribution >= 0.6 is 0 Å². The summed E-state index contributed by atoms with van der Waals surface area (Å²) < 4.78 is 9.13. The van der Waals surface area contributed by atoms with Crippen molar-refractivity contribution in [3.8, 4) is 0 Å². The summed E-state index contributed by atoms with van der Waals surface area (Å²) in [6.07, 6.45) is 3.42. The van der Waals surface area contributed by atoms with Gasteiger partial charge in [-0.3, -0.25) is 0 Å². The van der Waals surface area contributed by atoms with Gasteiger partial charge in [0.1, 0.15) is 6.10 Å². The van der Waals surface area contributed by atoms with Crippen molar-refractivity contribution in [1.29, 1.82) is 0 Å². The molecule has 136 valence electrons. The Hall–Kier alpha value is -2.06. The van der Waals surface area contributed by atoms with Crippen molar-refractivity contribution in [3.63, 3.8) is 0 Å². The van der Waals surface area contributed by atoms with Gasteiger partial charge in [-0.15, -0.1) is 0 Å². The SMILES string of the molecule is CCCc1c2n(c3ccccc13)[C@@H](c1ccccc1)C[C@@H]2OC(C)(C)C. The molecule has 1 aliphatic heterocycles. The minimum atomic E-state index is -0.152. The quantitative estimate of drug-likeness (QED) is 0.529. The number of hydrogen-bond donors (Lipinski definition) is 0. The van der Waals surface area contributed by atoms with Crippen LogP contribution in [0.25, 0.3) is 10.9 Å². The highest BCUT2D eigenvalue weighted by Crippen LogP contribution is 2.48. The lowest BCUT2D eigenvalue weighted by atomic mass is 9.98. The second kappa shape index (κ2) is 6.59. The number of benzene rings is 2. The van der Waals surface area contributed by atoms with E-state index in [4.69, 9.17) is 4.74 Å². The van der Waals surface area contributed by atoms with Crippen molar-refractivity contribution in [2.75, 3.05) is 0 Å². The highest BCUT2D eigenvalue weighted by molar-refractivity contribution is 5.86. The predicted octanol–water partition coefficient (Wildman–Crippen LogP) is 6.44. The van der Waals surface area contributed by atoms with Crippen molar-refractivity contribution in [2.24, 2.45) is 0 Å². The normalized spacial score (nSPS) is 19.8. The molecular formula is C24H29NO. The van der Waals surface area contributed by atoms with Crippen LogP contribution in [-0.4, -0.2) is 10.2 Å². The highest BCUT2D eigenvalue weighted by Gasteiger charge is 2.38. The van der Waals surface area contributed by atoms with Crippen LogP contribution in [0.2, 0.25) is 0 Å². The fourth-order valence-electron chi connectivity index (χ4n) is 4.46. The summed E-state index contributed by atoms with van der Waals surface area (Å²) in [5.41, 5.74) is 5.45. The lowest BCUT2D eigenvalue weighted by Gasteiger charge is -2.25. The van der Waals surface area contributed by atoms with Gasteiger partial charge in [-0.05, 0) is 44.4 Å². The Kier molecular flexibility index (Phi) is 4.40. The lowest BCUT2D eigenvalue weighted by Crippen LogP contribution is -2.22. The highest BCUT2D eigenvalue weighted by atomic mass is 16.5. The van der Waals surface area contributed by atoms with Gasteiger partial charge >= 0.3 is 0 Å². The van der Waals surface area contributed by atoms with E-state index in [0.717, 1.165) is 19.3 Å². The maximum absolute atomic E-state index is 6.57. The molecule has 1 aliphatic rings. The Balaban J connectivity index is 1.94. The molecule has 0 N–H and O–H groups in total. The molecular weight excluding hydrogens is 318 g/mol. The molecule has 4 rings (SSSR count). The van der Waals surface area contributed by atoms with Crippen LogP contribution in [0.1, 0.15) is 69.5 Å². The first kappa shape index (κ1) is 17.4. The van der Waals surface area contributed by atoms with Gasteiger partial charge in [0.15, 0.2) is 0 Å². The van der Waals surface area contributed by atoms with Gasteiger partial charge < -0.3 is 9.30 Å². The molecule has 1 aromatic heterocycles. The van der Waals surface area contributed by atoms with Crippen LogP contribution in [0.4, 0.5) is 0 Å². The number of aryl methyl sites for hydroxylation is 1. The summed E-state index contributed by atoms with van der Waals surface area (Å²) in [5.74, 6) is 0. The smallest absolute Gasteiger partial charge is 0.101 e. The molecule has 0 unspecified atom stereocenters. The minimum absolute atomic E-state index is 0.147. The van der Waals surface area contributed by atoms with Crippen molar-refractivity contribution in [3.05, 3.63) is 71.4 Å². The number of aromatic nitrogens is 1. The predicted molar refractivity (Wildman–Crippen MR) is 109 cm³/mol. The van der Waals surface area contributed by atoms with E-state index in [-0.39, 0.29) is 11.7 Å². The molecule has 0 bridgehead atoms. The third-order valence-electron chi connectivity index (χ3n) is 5.29. The van der Waals surface area contributed by atoms with Crippen molar-refractivity contribution in [1.82, 2.24) is 4.57 Å². The Labute approximate surface area is 156 Å². The first-order valence-electron chi connectivity index (χ1n) is 9.84. The summed E-state index contributed by atoms with van der Waals surface area (Å²) >= 11 is 0. The summed E-state index contributed by atoms with van der Waals surface area (Å²) in [6.45, 7) is 8.75. The van der Waals surface area contributed by atoms with Gasteiger partial charge in [0, 0.05) is 17.3 Å². The van der Waals surface area contributed by atoms with E-state index in [1.807, 2.05) is 0 Å². The Morgan fingerprint density at radius 1 is 1.00 bits per heavy atom. The van der Waals surface area contributed by atoms with E-state index in [2.05, 4.69) is 86.9 Å². The van der Waals surface area contributed by atoms with Gasteiger partial charge in [0.25, 0.3) is 0 Å². The van der Waals surface area contributed by atoms with Crippen LogP contribution in [0.5, 0.6) is 0 Å². The fourth-order valence-corrected chi connectivity index (χ4v) is 4.46. The second-order valence-electron chi connectivity index (χ2n) is 8.38. The van der Waals surface area contributed by atoms with E-state index < -0.39 is 0 Å². The van der Waals surface area contributed by atoms with Crippen LogP contribution in [0, 0.1) is 0 Å². The first-order chi connectivity index (χ1) is 12.5. The van der Waals surface area contributed by atoms with E-state index in [1.54, 1.807) is 0 Å². The zero-order valence-electron chi connectivity index (χ0n) is 16.3. The summed E-state index contributed by atoms with van der Waals surface area (Å²) in [6, 6.07) is 20.1. The van der Waals surface area contributed by atoms with Gasteiger partial charge in [-0.1, -0.05) is 61.9 Å². The maximum Gasteiger partial charge on any atom is 0.101 e. The number of nitrogens with zero attached hydrogens (tertiary/aromatic N) is 1. The van der Waals surface area contributed by atoms with Gasteiger partial charge in [-0.2, -0.15) is 0 Å².